The van der Waals surface area contributed by atoms with Crippen LogP contribution in [0, 0.1) is 12.8 Å². The number of carbonyl (C=O) groups is 1. The zero-order valence-corrected chi connectivity index (χ0v) is 20.8. The van der Waals surface area contributed by atoms with Crippen molar-refractivity contribution in [2.45, 2.75) is 59.4 Å². The maximum Gasteiger partial charge on any atom is 0.227 e. The third kappa shape index (κ3) is 7.58. The number of para-hydroxylation sites is 1. The van der Waals surface area contributed by atoms with Gasteiger partial charge < -0.3 is 15.0 Å². The van der Waals surface area contributed by atoms with E-state index in [4.69, 9.17) is 4.74 Å². The van der Waals surface area contributed by atoms with Crippen LogP contribution in [0.5, 0.6) is 5.75 Å². The summed E-state index contributed by atoms with van der Waals surface area (Å²) >= 11 is 0. The van der Waals surface area contributed by atoms with E-state index in [0.717, 1.165) is 34.3 Å². The number of methoxy groups -OCH3 is 1. The van der Waals surface area contributed by atoms with Crippen molar-refractivity contribution in [3.8, 4) is 5.75 Å². The van der Waals surface area contributed by atoms with Crippen LogP contribution in [0.1, 0.15) is 57.2 Å². The van der Waals surface area contributed by atoms with Crippen molar-refractivity contribution in [2.24, 2.45) is 5.92 Å². The van der Waals surface area contributed by atoms with E-state index in [1.807, 2.05) is 61.5 Å². The summed E-state index contributed by atoms with van der Waals surface area (Å²) in [6.07, 6.45) is 9.19. The molecule has 3 aromatic rings. The number of aromatic nitrogens is 2. The Bertz CT molecular complexity index is 1030. The first-order chi connectivity index (χ1) is 16.5. The molecule has 0 atom stereocenters. The zero-order valence-electron chi connectivity index (χ0n) is 20.8. The van der Waals surface area contributed by atoms with Gasteiger partial charge in [0, 0.05) is 35.8 Å². The molecule has 0 unspecified atom stereocenters. The highest BCUT2D eigenvalue weighted by Crippen LogP contribution is 2.23. The molecule has 180 valence electrons. The zero-order chi connectivity index (χ0) is 24.3. The maximum absolute atomic E-state index is 12.2. The lowest BCUT2D eigenvalue weighted by molar-refractivity contribution is -0.116. The summed E-state index contributed by atoms with van der Waals surface area (Å²) in [5, 5.41) is 3.18. The number of benzene rings is 2. The second kappa shape index (κ2) is 12.7. The van der Waals surface area contributed by atoms with Gasteiger partial charge in [0.2, 0.25) is 11.9 Å². The van der Waals surface area contributed by atoms with Gasteiger partial charge in [-0.05, 0) is 49.2 Å². The molecular weight excluding hydrogens is 424 g/mol. The minimum absolute atomic E-state index is 0.0500. The van der Waals surface area contributed by atoms with Gasteiger partial charge in [0.1, 0.15) is 5.75 Å². The molecule has 1 saturated carbocycles. The molecule has 6 heteroatoms. The van der Waals surface area contributed by atoms with Gasteiger partial charge >= 0.3 is 0 Å². The van der Waals surface area contributed by atoms with Crippen LogP contribution >= 0.6 is 0 Å². The first kappa shape index (κ1) is 25.2. The van der Waals surface area contributed by atoms with Gasteiger partial charge in [-0.2, -0.15) is 0 Å². The lowest BCUT2D eigenvalue weighted by Gasteiger charge is -2.22. The quantitative estimate of drug-likeness (QED) is 0.444. The Labute approximate surface area is 203 Å². The Morgan fingerprint density at radius 2 is 1.74 bits per heavy atom. The molecule has 1 aliphatic rings. The van der Waals surface area contributed by atoms with Crippen molar-refractivity contribution < 1.29 is 9.53 Å². The minimum Gasteiger partial charge on any atom is -0.497 e. The predicted octanol–water partition coefficient (Wildman–Crippen LogP) is 6.68. The van der Waals surface area contributed by atoms with Gasteiger partial charge in [-0.1, -0.05) is 57.2 Å². The van der Waals surface area contributed by atoms with Gasteiger partial charge in [-0.3, -0.25) is 4.79 Å². The van der Waals surface area contributed by atoms with Gasteiger partial charge in [0.15, 0.2) is 0 Å². The minimum atomic E-state index is -0.0500. The smallest absolute Gasteiger partial charge is 0.227 e. The van der Waals surface area contributed by atoms with Crippen molar-refractivity contribution in [3.63, 3.8) is 0 Å². The number of aryl methyl sites for hydroxylation is 1. The van der Waals surface area contributed by atoms with E-state index in [2.05, 4.69) is 22.2 Å². The summed E-state index contributed by atoms with van der Waals surface area (Å²) < 4.78 is 5.18. The molecule has 1 amide bonds. The molecule has 1 aromatic heterocycles. The van der Waals surface area contributed by atoms with Crippen molar-refractivity contribution >= 4 is 23.2 Å². The van der Waals surface area contributed by atoms with Crippen molar-refractivity contribution in [1.82, 2.24) is 9.97 Å². The number of amides is 1. The summed E-state index contributed by atoms with van der Waals surface area (Å²) in [5.41, 5.74) is 3.44. The van der Waals surface area contributed by atoms with E-state index < -0.39 is 0 Å². The Kier molecular flexibility index (Phi) is 9.44. The van der Waals surface area contributed by atoms with Gasteiger partial charge in [0.25, 0.3) is 0 Å². The van der Waals surface area contributed by atoms with E-state index in [0.29, 0.717) is 12.5 Å². The molecule has 1 fully saturated rings. The van der Waals surface area contributed by atoms with Crippen LogP contribution in [0.4, 0.5) is 17.3 Å². The lowest BCUT2D eigenvalue weighted by atomic mass is 9.91. The van der Waals surface area contributed by atoms with Crippen LogP contribution in [0.3, 0.4) is 0 Å². The number of ether oxygens (including phenoxy) is 1. The fraction of sp³-hybridized carbons (Fsp3) is 0.393. The molecule has 0 bridgehead atoms. The monoisotopic (exact) mass is 460 g/mol. The van der Waals surface area contributed by atoms with Gasteiger partial charge in [0.05, 0.1) is 13.7 Å². The fourth-order valence-electron chi connectivity index (χ4n) is 3.98. The number of nitrogens with one attached hydrogen (secondary N) is 1. The van der Waals surface area contributed by atoms with Crippen LogP contribution < -0.4 is 15.0 Å². The first-order valence-corrected chi connectivity index (χ1v) is 12.0. The molecule has 34 heavy (non-hydrogen) atoms. The average Bonchev–Trinajstić information content (AvgIpc) is 2.85. The Morgan fingerprint density at radius 1 is 1.06 bits per heavy atom. The normalized spacial score (nSPS) is 13.4. The van der Waals surface area contributed by atoms with Crippen LogP contribution in [0.15, 0.2) is 60.8 Å². The predicted molar refractivity (Wildman–Crippen MR) is 139 cm³/mol. The summed E-state index contributed by atoms with van der Waals surface area (Å²) in [7, 11) is 1.61. The van der Waals surface area contributed by atoms with Crippen LogP contribution in [0.25, 0.3) is 0 Å². The molecular formula is C28H36N4O2. The Balaban J connectivity index is 0.000000396. The van der Waals surface area contributed by atoms with Gasteiger partial charge in [-0.25, -0.2) is 9.97 Å². The molecule has 1 aliphatic carbocycles. The third-order valence-corrected chi connectivity index (χ3v) is 6.10. The third-order valence-electron chi connectivity index (χ3n) is 6.10. The molecule has 0 aliphatic heterocycles. The second-order valence-corrected chi connectivity index (χ2v) is 8.84. The van der Waals surface area contributed by atoms with E-state index in [1.54, 1.807) is 25.1 Å². The molecule has 2 aromatic carbocycles. The highest BCUT2D eigenvalue weighted by Gasteiger charge is 2.15. The summed E-state index contributed by atoms with van der Waals surface area (Å²) in [4.78, 5) is 22.8. The summed E-state index contributed by atoms with van der Waals surface area (Å²) in [6.45, 7) is 6.23. The number of hydrogen-bond acceptors (Lipinski definition) is 5. The molecule has 0 saturated heterocycles. The van der Waals surface area contributed by atoms with E-state index in [-0.39, 0.29) is 5.91 Å². The number of carbonyl (C=O) groups excluding carboxylic acids is 1. The topological polar surface area (TPSA) is 67.3 Å². The SMILES string of the molecule is CC1CCCCC1.COc1ccc(N(Cc2cnc(Nc3ccccc3)nc2C)C(C)=O)cc1. The van der Waals surface area contributed by atoms with E-state index in [1.165, 1.54) is 32.1 Å². The average molecular weight is 461 g/mol. The highest BCUT2D eigenvalue weighted by molar-refractivity contribution is 5.91. The largest absolute Gasteiger partial charge is 0.497 e. The van der Waals surface area contributed by atoms with E-state index >= 15 is 0 Å². The summed E-state index contributed by atoms with van der Waals surface area (Å²) in [5.74, 6) is 2.26. The fourth-order valence-corrected chi connectivity index (χ4v) is 3.98. The van der Waals surface area contributed by atoms with Crippen molar-refractivity contribution in [1.29, 1.82) is 0 Å². The van der Waals surface area contributed by atoms with Crippen LogP contribution in [-0.2, 0) is 11.3 Å². The summed E-state index contributed by atoms with van der Waals surface area (Å²) in [6, 6.07) is 17.1. The maximum atomic E-state index is 12.2. The number of rotatable bonds is 6. The molecule has 6 nitrogen and oxygen atoms in total. The van der Waals surface area contributed by atoms with Crippen molar-refractivity contribution in [3.05, 3.63) is 72.1 Å². The van der Waals surface area contributed by atoms with E-state index in [9.17, 15) is 4.79 Å². The van der Waals surface area contributed by atoms with Crippen molar-refractivity contribution in [2.75, 3.05) is 17.3 Å². The van der Waals surface area contributed by atoms with Crippen LogP contribution in [0.2, 0.25) is 0 Å². The Hall–Kier alpha value is -3.41. The standard InChI is InChI=1S/C21H22N4O2.C7H14/c1-15-17(13-22-21(23-15)24-18-7-5-4-6-8-18)14-25(16(2)26)19-9-11-20(27-3)12-10-19;1-7-5-3-2-4-6-7/h4-13H,14H2,1-3H3,(H,22,23,24);7H,2-6H2,1H3. The molecule has 0 spiro atoms. The molecule has 1 heterocycles. The number of nitrogens with zero attached hydrogens (tertiary/aromatic N) is 3. The lowest BCUT2D eigenvalue weighted by Crippen LogP contribution is -2.28. The molecule has 1 N–H and O–H groups in total. The number of hydrogen-bond donors (Lipinski definition) is 1. The molecule has 0 radical (unpaired) electrons. The highest BCUT2D eigenvalue weighted by atomic mass is 16.5. The Morgan fingerprint density at radius 3 is 2.26 bits per heavy atom. The number of anilines is 3. The van der Waals surface area contributed by atoms with Gasteiger partial charge in [-0.15, -0.1) is 0 Å². The van der Waals surface area contributed by atoms with Crippen LogP contribution in [-0.4, -0.2) is 23.0 Å². The second-order valence-electron chi connectivity index (χ2n) is 8.84. The molecule has 4 rings (SSSR count). The first-order valence-electron chi connectivity index (χ1n) is 12.0.